The average Bonchev–Trinajstić information content (AvgIpc) is 1.90. The van der Waals surface area contributed by atoms with E-state index >= 15 is 0 Å². The molecule has 0 aromatic rings. The molecule has 0 aromatic heterocycles. The number of rotatable bonds is 2. The fourth-order valence-corrected chi connectivity index (χ4v) is 0.371. The van der Waals surface area contributed by atoms with E-state index in [9.17, 15) is 4.79 Å². The molecule has 0 saturated carbocycles. The van der Waals surface area contributed by atoms with Gasteiger partial charge in [-0.2, -0.15) is 0 Å². The Bertz CT molecular complexity index is 149. The van der Waals surface area contributed by atoms with Gasteiger partial charge in [0.25, 0.3) is 0 Å². The van der Waals surface area contributed by atoms with E-state index in [-0.39, 0.29) is 11.5 Å². The Labute approximate surface area is 53.8 Å². The number of ether oxygens (including phenoxy) is 1. The van der Waals surface area contributed by atoms with E-state index in [2.05, 4.69) is 4.74 Å². The smallest absolute Gasteiger partial charge is 0.215 e. The van der Waals surface area contributed by atoms with Crippen molar-refractivity contribution in [3.8, 4) is 0 Å². The van der Waals surface area contributed by atoms with E-state index < -0.39 is 0 Å². The van der Waals surface area contributed by atoms with Crippen molar-refractivity contribution in [2.75, 3.05) is 7.11 Å². The van der Waals surface area contributed by atoms with Crippen molar-refractivity contribution < 1.29 is 9.53 Å². The molecule has 9 heavy (non-hydrogen) atoms. The highest BCUT2D eigenvalue weighted by Crippen LogP contribution is 1.91. The molecule has 0 fully saturated rings. The van der Waals surface area contributed by atoms with Crippen molar-refractivity contribution in [1.82, 2.24) is 0 Å². The molecule has 1 N–H and O–H groups in total. The maximum atomic E-state index is 10.0. The predicted octanol–water partition coefficient (Wildman–Crippen LogP) is 0.755. The standard InChI is InChI=1S/C6H9NO2/c1-3-5(4-8)6(7)9-2/h3-4,7H,1-2H3/b5-3-,7-6?. The van der Waals surface area contributed by atoms with Crippen LogP contribution in [0.25, 0.3) is 0 Å². The van der Waals surface area contributed by atoms with Crippen molar-refractivity contribution in [3.63, 3.8) is 0 Å². The summed E-state index contributed by atoms with van der Waals surface area (Å²) < 4.78 is 4.48. The molecule has 0 rings (SSSR count). The minimum Gasteiger partial charge on any atom is -0.481 e. The summed E-state index contributed by atoms with van der Waals surface area (Å²) in [6.07, 6.45) is 2.12. The molecule has 0 heterocycles. The van der Waals surface area contributed by atoms with Crippen LogP contribution >= 0.6 is 0 Å². The molecular weight excluding hydrogens is 118 g/mol. The summed E-state index contributed by atoms with van der Waals surface area (Å²) in [5.74, 6) is -0.0903. The summed E-state index contributed by atoms with van der Waals surface area (Å²) in [5, 5.41) is 6.97. The number of aldehydes is 1. The minimum absolute atomic E-state index is 0.0903. The van der Waals surface area contributed by atoms with Crippen LogP contribution in [0.1, 0.15) is 6.92 Å². The van der Waals surface area contributed by atoms with Gasteiger partial charge in [-0.15, -0.1) is 0 Å². The second kappa shape index (κ2) is 3.83. The molecule has 50 valence electrons. The van der Waals surface area contributed by atoms with E-state index in [0.717, 1.165) is 0 Å². The van der Waals surface area contributed by atoms with Crippen molar-refractivity contribution in [1.29, 1.82) is 5.41 Å². The van der Waals surface area contributed by atoms with Gasteiger partial charge < -0.3 is 4.74 Å². The van der Waals surface area contributed by atoms with Gasteiger partial charge in [0.05, 0.1) is 12.7 Å². The summed E-state index contributed by atoms with van der Waals surface area (Å²) in [7, 11) is 1.36. The monoisotopic (exact) mass is 127 g/mol. The molecule has 3 heteroatoms. The van der Waals surface area contributed by atoms with Gasteiger partial charge in [0, 0.05) is 0 Å². The number of nitrogens with one attached hydrogen (secondary N) is 1. The molecule has 3 nitrogen and oxygen atoms in total. The fourth-order valence-electron chi connectivity index (χ4n) is 0.371. The van der Waals surface area contributed by atoms with Crippen LogP contribution in [0.2, 0.25) is 0 Å². The van der Waals surface area contributed by atoms with E-state index in [1.54, 1.807) is 6.92 Å². The maximum Gasteiger partial charge on any atom is 0.215 e. The van der Waals surface area contributed by atoms with Crippen molar-refractivity contribution in [2.24, 2.45) is 0 Å². The lowest BCUT2D eigenvalue weighted by Gasteiger charge is -1.97. The van der Waals surface area contributed by atoms with Gasteiger partial charge >= 0.3 is 0 Å². The first-order chi connectivity index (χ1) is 4.26. The lowest BCUT2D eigenvalue weighted by Crippen LogP contribution is -2.03. The normalized spacial score (nSPS) is 10.7. The van der Waals surface area contributed by atoms with Gasteiger partial charge in [-0.25, -0.2) is 0 Å². The molecule has 0 aromatic carbocycles. The topological polar surface area (TPSA) is 50.2 Å². The Kier molecular flexibility index (Phi) is 3.35. The number of hydrogen-bond acceptors (Lipinski definition) is 3. The second-order valence-electron chi connectivity index (χ2n) is 1.40. The third-order valence-corrected chi connectivity index (χ3v) is 0.904. The molecule has 0 radical (unpaired) electrons. The van der Waals surface area contributed by atoms with Crippen LogP contribution in [0.5, 0.6) is 0 Å². The minimum atomic E-state index is -0.0903. The summed E-state index contributed by atoms with van der Waals surface area (Å²) in [5.41, 5.74) is 0.275. The number of carbonyl (C=O) groups is 1. The van der Waals surface area contributed by atoms with Crippen molar-refractivity contribution in [3.05, 3.63) is 11.6 Å². The van der Waals surface area contributed by atoms with Crippen LogP contribution in [0, 0.1) is 5.41 Å². The molecule has 0 amide bonds. The van der Waals surface area contributed by atoms with Crippen LogP contribution in [0.3, 0.4) is 0 Å². The zero-order chi connectivity index (χ0) is 7.28. The third kappa shape index (κ3) is 2.08. The first-order valence-corrected chi connectivity index (χ1v) is 2.50. The van der Waals surface area contributed by atoms with Crippen LogP contribution in [0.15, 0.2) is 11.6 Å². The molecular formula is C6H9NO2. The van der Waals surface area contributed by atoms with E-state index in [1.807, 2.05) is 0 Å². The Morgan fingerprint density at radius 1 is 1.67 bits per heavy atom. The summed E-state index contributed by atoms with van der Waals surface area (Å²) in [6.45, 7) is 1.68. The molecule has 0 spiro atoms. The third-order valence-electron chi connectivity index (χ3n) is 0.904. The lowest BCUT2D eigenvalue weighted by molar-refractivity contribution is -0.104. The average molecular weight is 127 g/mol. The quantitative estimate of drug-likeness (QED) is 0.257. The molecule has 0 bridgehead atoms. The lowest BCUT2D eigenvalue weighted by atomic mass is 10.3. The van der Waals surface area contributed by atoms with Crippen LogP contribution in [-0.2, 0) is 9.53 Å². The summed E-state index contributed by atoms with van der Waals surface area (Å²) in [4.78, 5) is 10.0. The van der Waals surface area contributed by atoms with Gasteiger partial charge in [-0.05, 0) is 6.92 Å². The van der Waals surface area contributed by atoms with E-state index in [0.29, 0.717) is 6.29 Å². The molecule has 0 aliphatic rings. The number of carbonyl (C=O) groups excluding carboxylic acids is 1. The largest absolute Gasteiger partial charge is 0.481 e. The highest BCUT2D eigenvalue weighted by molar-refractivity contribution is 6.08. The Hall–Kier alpha value is -1.12. The molecule has 0 aliphatic heterocycles. The van der Waals surface area contributed by atoms with Crippen LogP contribution in [0.4, 0.5) is 0 Å². The van der Waals surface area contributed by atoms with Crippen LogP contribution in [-0.4, -0.2) is 19.3 Å². The van der Waals surface area contributed by atoms with Crippen molar-refractivity contribution in [2.45, 2.75) is 6.92 Å². The number of hydrogen-bond donors (Lipinski definition) is 1. The molecule has 0 saturated heterocycles. The maximum absolute atomic E-state index is 10.0. The highest BCUT2D eigenvalue weighted by Gasteiger charge is 1.99. The SMILES string of the molecule is C/C=C(/C=O)C(=N)OC. The van der Waals surface area contributed by atoms with E-state index in [1.165, 1.54) is 13.2 Å². The summed E-state index contributed by atoms with van der Waals surface area (Å²) in [6, 6.07) is 0. The van der Waals surface area contributed by atoms with E-state index in [4.69, 9.17) is 5.41 Å². The first-order valence-electron chi connectivity index (χ1n) is 2.50. The Balaban J connectivity index is 4.14. The Morgan fingerprint density at radius 2 is 2.22 bits per heavy atom. The van der Waals surface area contributed by atoms with Gasteiger partial charge in [0.15, 0.2) is 6.29 Å². The molecule has 0 aliphatic carbocycles. The number of allylic oxidation sites excluding steroid dienone is 1. The number of methoxy groups -OCH3 is 1. The van der Waals surface area contributed by atoms with Crippen molar-refractivity contribution >= 4 is 12.2 Å². The fraction of sp³-hybridized carbons (Fsp3) is 0.333. The van der Waals surface area contributed by atoms with Gasteiger partial charge in [0.1, 0.15) is 0 Å². The zero-order valence-corrected chi connectivity index (χ0v) is 5.47. The van der Waals surface area contributed by atoms with Gasteiger partial charge in [-0.1, -0.05) is 6.08 Å². The highest BCUT2D eigenvalue weighted by atomic mass is 16.5. The molecule has 0 unspecified atom stereocenters. The van der Waals surface area contributed by atoms with Crippen LogP contribution < -0.4 is 0 Å². The Morgan fingerprint density at radius 3 is 2.33 bits per heavy atom. The molecule has 0 atom stereocenters. The first kappa shape index (κ1) is 7.88. The van der Waals surface area contributed by atoms with Gasteiger partial charge in [-0.3, -0.25) is 10.2 Å². The zero-order valence-electron chi connectivity index (χ0n) is 5.47. The second-order valence-corrected chi connectivity index (χ2v) is 1.40. The predicted molar refractivity (Wildman–Crippen MR) is 34.6 cm³/mol. The summed E-state index contributed by atoms with van der Waals surface area (Å²) >= 11 is 0. The van der Waals surface area contributed by atoms with Gasteiger partial charge in [0.2, 0.25) is 5.90 Å².